The lowest BCUT2D eigenvalue weighted by molar-refractivity contribution is 0.863. The molecule has 3 aromatic carbocycles. The minimum Gasteiger partial charge on any atom is -0.342 e. The molecular weight excluding hydrogens is 358 g/mol. The molecule has 0 radical (unpaired) electrons. The molecule has 0 unspecified atom stereocenters. The van der Waals surface area contributed by atoms with Crippen molar-refractivity contribution in [2.75, 3.05) is 0 Å². The molecule has 0 amide bonds. The van der Waals surface area contributed by atoms with Crippen molar-refractivity contribution in [3.63, 3.8) is 0 Å². The third-order valence-electron chi connectivity index (χ3n) is 5.75. The molecule has 0 aliphatic carbocycles. The molecule has 3 aromatic heterocycles. The number of aromatic nitrogens is 5. The molecule has 0 N–H and O–H groups in total. The molecule has 0 fully saturated rings. The Labute approximate surface area is 167 Å². The highest BCUT2D eigenvalue weighted by Crippen LogP contribution is 2.39. The third-order valence-corrected chi connectivity index (χ3v) is 5.75. The lowest BCUT2D eigenvalue weighted by atomic mass is 10.1. The Morgan fingerprint density at radius 2 is 1.14 bits per heavy atom. The SMILES string of the molecule is Cc1nc(C)nc(-n2c3ccccc3c3ccc4c5ccccc5n(C)c4c32)n1. The van der Waals surface area contributed by atoms with Gasteiger partial charge in [-0.1, -0.05) is 48.5 Å². The van der Waals surface area contributed by atoms with Crippen molar-refractivity contribution in [3.05, 3.63) is 72.3 Å². The Balaban J connectivity index is 1.93. The second kappa shape index (κ2) is 5.64. The molecule has 0 atom stereocenters. The van der Waals surface area contributed by atoms with Gasteiger partial charge in [-0.2, -0.15) is 9.97 Å². The molecule has 29 heavy (non-hydrogen) atoms. The van der Waals surface area contributed by atoms with Gasteiger partial charge >= 0.3 is 0 Å². The fourth-order valence-electron chi connectivity index (χ4n) is 4.62. The highest BCUT2D eigenvalue weighted by molar-refractivity contribution is 6.23. The summed E-state index contributed by atoms with van der Waals surface area (Å²) in [5, 5.41) is 4.90. The van der Waals surface area contributed by atoms with E-state index in [0.717, 1.165) is 22.7 Å². The molecule has 0 spiro atoms. The Morgan fingerprint density at radius 3 is 1.83 bits per heavy atom. The van der Waals surface area contributed by atoms with Crippen LogP contribution in [-0.4, -0.2) is 24.1 Å². The van der Waals surface area contributed by atoms with Crippen LogP contribution in [0.25, 0.3) is 49.6 Å². The topological polar surface area (TPSA) is 48.5 Å². The summed E-state index contributed by atoms with van der Waals surface area (Å²) in [6.07, 6.45) is 0. The molecule has 6 rings (SSSR count). The van der Waals surface area contributed by atoms with Crippen LogP contribution in [-0.2, 0) is 7.05 Å². The highest BCUT2D eigenvalue weighted by Gasteiger charge is 2.20. The van der Waals surface area contributed by atoms with Crippen molar-refractivity contribution < 1.29 is 0 Å². The minimum absolute atomic E-state index is 0.666. The number of fused-ring (bicyclic) bond motifs is 7. The van der Waals surface area contributed by atoms with Gasteiger partial charge in [0.1, 0.15) is 11.6 Å². The number of benzene rings is 3. The second-order valence-corrected chi connectivity index (χ2v) is 7.52. The van der Waals surface area contributed by atoms with Crippen LogP contribution in [0.15, 0.2) is 60.7 Å². The maximum absolute atomic E-state index is 4.70. The van der Waals surface area contributed by atoms with Gasteiger partial charge in [0.25, 0.3) is 0 Å². The molecule has 3 heterocycles. The van der Waals surface area contributed by atoms with Gasteiger partial charge in [0.15, 0.2) is 0 Å². The van der Waals surface area contributed by atoms with Crippen molar-refractivity contribution >= 4 is 43.6 Å². The first-order chi connectivity index (χ1) is 14.1. The van der Waals surface area contributed by atoms with E-state index in [-0.39, 0.29) is 0 Å². The Bertz CT molecular complexity index is 1570. The van der Waals surface area contributed by atoms with Crippen molar-refractivity contribution in [2.24, 2.45) is 7.05 Å². The van der Waals surface area contributed by atoms with Gasteiger partial charge in [-0.05, 0) is 26.0 Å². The summed E-state index contributed by atoms with van der Waals surface area (Å²) in [6.45, 7) is 3.83. The number of hydrogen-bond donors (Lipinski definition) is 0. The fraction of sp³-hybridized carbons (Fsp3) is 0.125. The van der Waals surface area contributed by atoms with Gasteiger partial charge in [0.05, 0.1) is 16.6 Å². The maximum Gasteiger partial charge on any atom is 0.238 e. The predicted molar refractivity (Wildman–Crippen MR) is 118 cm³/mol. The molecule has 0 aliphatic heterocycles. The first kappa shape index (κ1) is 16.2. The van der Waals surface area contributed by atoms with Crippen LogP contribution in [0.2, 0.25) is 0 Å². The van der Waals surface area contributed by atoms with Crippen molar-refractivity contribution in [3.8, 4) is 5.95 Å². The van der Waals surface area contributed by atoms with E-state index in [4.69, 9.17) is 9.97 Å². The van der Waals surface area contributed by atoms with Crippen molar-refractivity contribution in [1.29, 1.82) is 0 Å². The third kappa shape index (κ3) is 2.12. The Morgan fingerprint density at radius 1 is 0.586 bits per heavy atom. The van der Waals surface area contributed by atoms with E-state index in [9.17, 15) is 0 Å². The first-order valence-electron chi connectivity index (χ1n) is 9.72. The number of hydrogen-bond acceptors (Lipinski definition) is 3. The maximum atomic E-state index is 4.70. The lowest BCUT2D eigenvalue weighted by Crippen LogP contribution is -2.06. The highest BCUT2D eigenvalue weighted by atomic mass is 15.2. The van der Waals surface area contributed by atoms with E-state index in [2.05, 4.69) is 81.8 Å². The number of aryl methyl sites for hydroxylation is 3. The standard InChI is InChI=1S/C24H19N5/c1-14-25-15(2)27-24(26-14)29-21-11-7-5-9-17(21)19-13-12-18-16-8-4-6-10-20(16)28(3)22(18)23(19)29/h4-13H,1-3H3. The van der Waals surface area contributed by atoms with Crippen LogP contribution in [0, 0.1) is 13.8 Å². The largest absolute Gasteiger partial charge is 0.342 e. The van der Waals surface area contributed by atoms with Gasteiger partial charge in [0, 0.05) is 34.1 Å². The van der Waals surface area contributed by atoms with Gasteiger partial charge in [0.2, 0.25) is 5.95 Å². The van der Waals surface area contributed by atoms with Crippen LogP contribution in [0.4, 0.5) is 0 Å². The van der Waals surface area contributed by atoms with E-state index >= 15 is 0 Å². The predicted octanol–water partition coefficient (Wildman–Crippen LogP) is 5.23. The van der Waals surface area contributed by atoms with Gasteiger partial charge < -0.3 is 4.57 Å². The van der Waals surface area contributed by atoms with Crippen molar-refractivity contribution in [2.45, 2.75) is 13.8 Å². The molecule has 5 heteroatoms. The van der Waals surface area contributed by atoms with E-state index in [1.54, 1.807) is 0 Å². The number of nitrogens with zero attached hydrogens (tertiary/aromatic N) is 5. The molecular formula is C24H19N5. The lowest BCUT2D eigenvalue weighted by Gasteiger charge is -2.09. The average molecular weight is 377 g/mol. The molecule has 140 valence electrons. The zero-order valence-corrected chi connectivity index (χ0v) is 16.5. The molecule has 5 nitrogen and oxygen atoms in total. The number of rotatable bonds is 1. The molecule has 0 bridgehead atoms. The van der Waals surface area contributed by atoms with Crippen LogP contribution < -0.4 is 0 Å². The summed E-state index contributed by atoms with van der Waals surface area (Å²) in [5.41, 5.74) is 4.64. The van der Waals surface area contributed by atoms with Crippen molar-refractivity contribution in [1.82, 2.24) is 24.1 Å². The average Bonchev–Trinajstić information content (AvgIpc) is 3.20. The zero-order chi connectivity index (χ0) is 19.7. The quantitative estimate of drug-likeness (QED) is 0.394. The first-order valence-corrected chi connectivity index (χ1v) is 9.72. The van der Waals surface area contributed by atoms with Crippen LogP contribution in [0.3, 0.4) is 0 Å². The normalized spacial score (nSPS) is 12.0. The molecule has 0 saturated carbocycles. The van der Waals surface area contributed by atoms with E-state index in [1.807, 2.05) is 13.8 Å². The van der Waals surface area contributed by atoms with Gasteiger partial charge in [-0.3, -0.25) is 4.57 Å². The summed E-state index contributed by atoms with van der Waals surface area (Å²) < 4.78 is 4.47. The minimum atomic E-state index is 0.666. The summed E-state index contributed by atoms with van der Waals surface area (Å²) in [4.78, 5) is 13.8. The summed E-state index contributed by atoms with van der Waals surface area (Å²) in [5.74, 6) is 2.12. The van der Waals surface area contributed by atoms with Crippen LogP contribution >= 0.6 is 0 Å². The van der Waals surface area contributed by atoms with E-state index in [0.29, 0.717) is 5.95 Å². The Kier molecular flexibility index (Phi) is 3.16. The zero-order valence-electron chi connectivity index (χ0n) is 16.5. The van der Waals surface area contributed by atoms with Gasteiger partial charge in [-0.15, -0.1) is 0 Å². The Hall–Kier alpha value is -3.73. The molecule has 6 aromatic rings. The van der Waals surface area contributed by atoms with E-state index in [1.165, 1.54) is 32.6 Å². The molecule has 0 aliphatic rings. The fourth-order valence-corrected chi connectivity index (χ4v) is 4.62. The van der Waals surface area contributed by atoms with Crippen LogP contribution in [0.1, 0.15) is 11.6 Å². The monoisotopic (exact) mass is 377 g/mol. The van der Waals surface area contributed by atoms with E-state index < -0.39 is 0 Å². The van der Waals surface area contributed by atoms with Gasteiger partial charge in [-0.25, -0.2) is 4.98 Å². The molecule has 0 saturated heterocycles. The summed E-state index contributed by atoms with van der Waals surface area (Å²) >= 11 is 0. The smallest absolute Gasteiger partial charge is 0.238 e. The van der Waals surface area contributed by atoms with Crippen LogP contribution in [0.5, 0.6) is 0 Å². The second-order valence-electron chi connectivity index (χ2n) is 7.52. The summed E-state index contributed by atoms with van der Waals surface area (Å²) in [7, 11) is 2.13. The number of para-hydroxylation sites is 2. The summed E-state index contributed by atoms with van der Waals surface area (Å²) in [6, 6.07) is 21.5.